The van der Waals surface area contributed by atoms with E-state index in [9.17, 15) is 9.59 Å². The number of aliphatic carboxylic acids is 1. The number of carboxylic acids is 1. The average molecular weight is 200 g/mol. The van der Waals surface area contributed by atoms with Gasteiger partial charge in [-0.15, -0.1) is 11.8 Å². The van der Waals surface area contributed by atoms with Crippen LogP contribution in [0.3, 0.4) is 0 Å². The molecule has 13 heavy (non-hydrogen) atoms. The SMILES string of the molecule is N[C@H]1C(=O)N2C(C(=O)O)=CCS[C@@H]12. The molecule has 0 radical (unpaired) electrons. The minimum absolute atomic E-state index is 0.0652. The largest absolute Gasteiger partial charge is 0.477 e. The summed E-state index contributed by atoms with van der Waals surface area (Å²) in [5.74, 6) is -0.763. The van der Waals surface area contributed by atoms with Crippen LogP contribution in [0, 0.1) is 0 Å². The molecule has 1 saturated heterocycles. The van der Waals surface area contributed by atoms with Crippen molar-refractivity contribution in [3.63, 3.8) is 0 Å². The average Bonchev–Trinajstić information content (AvgIpc) is 2.15. The van der Waals surface area contributed by atoms with Gasteiger partial charge in [-0.1, -0.05) is 0 Å². The van der Waals surface area contributed by atoms with Crippen molar-refractivity contribution in [2.75, 3.05) is 5.75 Å². The summed E-state index contributed by atoms with van der Waals surface area (Å²) in [6.07, 6.45) is 1.54. The van der Waals surface area contributed by atoms with Gasteiger partial charge in [-0.3, -0.25) is 9.69 Å². The lowest BCUT2D eigenvalue weighted by Gasteiger charge is -2.46. The summed E-state index contributed by atoms with van der Waals surface area (Å²) in [4.78, 5) is 23.1. The molecule has 0 aromatic heterocycles. The lowest BCUT2D eigenvalue weighted by molar-refractivity contribution is -0.147. The van der Waals surface area contributed by atoms with Gasteiger partial charge in [0, 0.05) is 5.75 Å². The van der Waals surface area contributed by atoms with Crippen LogP contribution in [-0.4, -0.2) is 39.1 Å². The molecular formula is C7H8N2O3S. The lowest BCUT2D eigenvalue weighted by Crippen LogP contribution is -2.68. The minimum atomic E-state index is -1.06. The molecule has 6 heteroatoms. The number of nitrogens with two attached hydrogens (primary N) is 1. The predicted octanol–water partition coefficient (Wildman–Crippen LogP) is -0.803. The van der Waals surface area contributed by atoms with E-state index in [4.69, 9.17) is 10.8 Å². The van der Waals surface area contributed by atoms with E-state index in [1.807, 2.05) is 0 Å². The Balaban J connectivity index is 2.27. The Morgan fingerprint density at radius 1 is 1.77 bits per heavy atom. The number of carbonyl (C=O) groups excluding carboxylic acids is 1. The third kappa shape index (κ3) is 1.06. The number of carboxylic acid groups (broad SMARTS) is 1. The molecule has 2 atom stereocenters. The van der Waals surface area contributed by atoms with Crippen LogP contribution in [0.2, 0.25) is 0 Å². The van der Waals surface area contributed by atoms with Crippen molar-refractivity contribution in [1.29, 1.82) is 0 Å². The number of hydrogen-bond donors (Lipinski definition) is 2. The molecule has 1 amide bonds. The topological polar surface area (TPSA) is 83.6 Å². The van der Waals surface area contributed by atoms with Gasteiger partial charge in [0.15, 0.2) is 0 Å². The monoisotopic (exact) mass is 200 g/mol. The normalized spacial score (nSPS) is 31.9. The smallest absolute Gasteiger partial charge is 0.352 e. The maximum absolute atomic E-state index is 11.2. The lowest BCUT2D eigenvalue weighted by atomic mass is 10.1. The highest BCUT2D eigenvalue weighted by atomic mass is 32.2. The number of amides is 1. The molecule has 0 aliphatic carbocycles. The summed E-state index contributed by atoms with van der Waals surface area (Å²) in [6.45, 7) is 0. The molecule has 2 aliphatic rings. The number of carbonyl (C=O) groups is 2. The fourth-order valence-electron chi connectivity index (χ4n) is 1.43. The zero-order chi connectivity index (χ0) is 9.59. The third-order valence-corrected chi connectivity index (χ3v) is 3.31. The van der Waals surface area contributed by atoms with Crippen molar-refractivity contribution in [1.82, 2.24) is 4.90 Å². The van der Waals surface area contributed by atoms with E-state index in [1.165, 1.54) is 22.7 Å². The zero-order valence-corrected chi connectivity index (χ0v) is 7.45. The van der Waals surface area contributed by atoms with Gasteiger partial charge in [0.2, 0.25) is 5.91 Å². The Labute approximate surface area is 78.6 Å². The van der Waals surface area contributed by atoms with Crippen LogP contribution in [0.25, 0.3) is 0 Å². The number of fused-ring (bicyclic) bond motifs is 1. The van der Waals surface area contributed by atoms with Gasteiger partial charge in [-0.25, -0.2) is 4.79 Å². The van der Waals surface area contributed by atoms with Gasteiger partial charge in [-0.2, -0.15) is 0 Å². The molecule has 70 valence electrons. The summed E-state index contributed by atoms with van der Waals surface area (Å²) >= 11 is 1.49. The van der Waals surface area contributed by atoms with Crippen molar-refractivity contribution in [3.8, 4) is 0 Å². The highest BCUT2D eigenvalue weighted by Gasteiger charge is 2.49. The third-order valence-electron chi connectivity index (χ3n) is 2.11. The minimum Gasteiger partial charge on any atom is -0.477 e. The summed E-state index contributed by atoms with van der Waals surface area (Å²) < 4.78 is 0. The van der Waals surface area contributed by atoms with Crippen LogP contribution in [0.15, 0.2) is 11.8 Å². The first kappa shape index (κ1) is 8.58. The van der Waals surface area contributed by atoms with Crippen LogP contribution in [0.5, 0.6) is 0 Å². The number of thioether (sulfide) groups is 1. The first-order valence-corrected chi connectivity index (χ1v) is 4.81. The van der Waals surface area contributed by atoms with Gasteiger partial charge in [-0.05, 0) is 6.08 Å². The molecular weight excluding hydrogens is 192 g/mol. The van der Waals surface area contributed by atoms with E-state index < -0.39 is 12.0 Å². The molecule has 5 nitrogen and oxygen atoms in total. The summed E-state index contributed by atoms with van der Waals surface area (Å²) in [7, 11) is 0. The van der Waals surface area contributed by atoms with Gasteiger partial charge in [0.25, 0.3) is 0 Å². The van der Waals surface area contributed by atoms with Gasteiger partial charge >= 0.3 is 5.97 Å². The first-order chi connectivity index (χ1) is 6.13. The Hall–Kier alpha value is -1.01. The Morgan fingerprint density at radius 2 is 2.46 bits per heavy atom. The molecule has 1 fully saturated rings. The van der Waals surface area contributed by atoms with Gasteiger partial charge in [0.05, 0.1) is 0 Å². The molecule has 0 unspecified atom stereocenters. The van der Waals surface area contributed by atoms with Crippen molar-refractivity contribution in [3.05, 3.63) is 11.8 Å². The first-order valence-electron chi connectivity index (χ1n) is 3.76. The summed E-state index contributed by atoms with van der Waals surface area (Å²) in [5, 5.41) is 8.57. The molecule has 3 N–H and O–H groups in total. The van der Waals surface area contributed by atoms with Crippen LogP contribution in [0.1, 0.15) is 0 Å². The maximum Gasteiger partial charge on any atom is 0.352 e. The molecule has 0 spiro atoms. The predicted molar refractivity (Wildman–Crippen MR) is 46.8 cm³/mol. The van der Waals surface area contributed by atoms with Gasteiger partial charge < -0.3 is 10.8 Å². The van der Waals surface area contributed by atoms with E-state index in [0.29, 0.717) is 5.75 Å². The van der Waals surface area contributed by atoms with Crippen molar-refractivity contribution >= 4 is 23.6 Å². The number of β-lactam (4-membered cyclic amide) rings is 1. The van der Waals surface area contributed by atoms with E-state index in [2.05, 4.69) is 0 Å². The number of nitrogens with zero attached hydrogens (tertiary/aromatic N) is 1. The zero-order valence-electron chi connectivity index (χ0n) is 6.64. The van der Waals surface area contributed by atoms with Crippen LogP contribution in [-0.2, 0) is 9.59 Å². The van der Waals surface area contributed by atoms with E-state index >= 15 is 0 Å². The fourth-order valence-corrected chi connectivity index (χ4v) is 2.58. The second-order valence-electron chi connectivity index (χ2n) is 2.85. The summed E-state index contributed by atoms with van der Waals surface area (Å²) in [6, 6.07) is -0.534. The van der Waals surface area contributed by atoms with Crippen LogP contribution < -0.4 is 5.73 Å². The van der Waals surface area contributed by atoms with E-state index in [-0.39, 0.29) is 17.0 Å². The molecule has 0 aromatic rings. The van der Waals surface area contributed by atoms with Crippen molar-refractivity contribution in [2.24, 2.45) is 5.73 Å². The quantitative estimate of drug-likeness (QED) is 0.541. The van der Waals surface area contributed by atoms with E-state index in [1.54, 1.807) is 0 Å². The van der Waals surface area contributed by atoms with Crippen molar-refractivity contribution < 1.29 is 14.7 Å². The standard InChI is InChI=1S/C7H8N2O3S/c8-4-5(10)9-3(7(11)12)1-2-13-6(4)9/h1,4,6H,2,8H2,(H,11,12)/t4-,6-/m0/s1. The molecule has 2 rings (SSSR count). The van der Waals surface area contributed by atoms with E-state index in [0.717, 1.165) is 0 Å². The highest BCUT2D eigenvalue weighted by molar-refractivity contribution is 8.00. The Kier molecular flexibility index (Phi) is 1.81. The number of rotatable bonds is 1. The highest BCUT2D eigenvalue weighted by Crippen LogP contribution is 2.36. The van der Waals surface area contributed by atoms with Crippen molar-refractivity contribution in [2.45, 2.75) is 11.4 Å². The molecule has 2 heterocycles. The Bertz CT molecular complexity index is 315. The fraction of sp³-hybridized carbons (Fsp3) is 0.429. The summed E-state index contributed by atoms with van der Waals surface area (Å²) in [5.41, 5.74) is 5.57. The van der Waals surface area contributed by atoms with Crippen LogP contribution in [0.4, 0.5) is 0 Å². The second-order valence-corrected chi connectivity index (χ2v) is 4.00. The molecule has 2 aliphatic heterocycles. The molecule has 0 saturated carbocycles. The maximum atomic E-state index is 11.2. The van der Waals surface area contributed by atoms with Gasteiger partial charge in [0.1, 0.15) is 17.1 Å². The second kappa shape index (κ2) is 2.74. The molecule has 0 aromatic carbocycles. The number of hydrogen-bond acceptors (Lipinski definition) is 4. The molecule has 0 bridgehead atoms. The Morgan fingerprint density at radius 3 is 3.08 bits per heavy atom. The van der Waals surface area contributed by atoms with Crippen LogP contribution >= 0.6 is 11.8 Å².